The number of aromatic nitrogens is 3. The Balaban J connectivity index is 1.47. The molecule has 2 aromatic heterocycles. The molecule has 0 saturated heterocycles. The number of nitrogens with two attached hydrogens (primary N) is 1. The summed E-state index contributed by atoms with van der Waals surface area (Å²) in [6, 6.07) is 13.4. The molecule has 0 aliphatic carbocycles. The van der Waals surface area contributed by atoms with Gasteiger partial charge in [-0.3, -0.25) is 4.79 Å². The number of nitrogens with zero attached hydrogens (tertiary/aromatic N) is 3. The van der Waals surface area contributed by atoms with E-state index >= 15 is 0 Å². The van der Waals surface area contributed by atoms with E-state index in [4.69, 9.17) is 10.5 Å². The van der Waals surface area contributed by atoms with Gasteiger partial charge in [-0.2, -0.15) is 0 Å². The van der Waals surface area contributed by atoms with Crippen LogP contribution in [0.15, 0.2) is 42.5 Å². The molecule has 27 heavy (non-hydrogen) atoms. The zero-order chi connectivity index (χ0) is 18.8. The summed E-state index contributed by atoms with van der Waals surface area (Å²) in [5.41, 5.74) is 8.42. The van der Waals surface area contributed by atoms with Crippen LogP contribution in [0.2, 0.25) is 0 Å². The summed E-state index contributed by atoms with van der Waals surface area (Å²) in [7, 11) is 1.62. The summed E-state index contributed by atoms with van der Waals surface area (Å²) in [6.07, 6.45) is 0.604. The van der Waals surface area contributed by atoms with Gasteiger partial charge in [0.15, 0.2) is 10.1 Å². The second-order valence-electron chi connectivity index (χ2n) is 5.95. The van der Waals surface area contributed by atoms with E-state index < -0.39 is 0 Å². The Kier molecular flexibility index (Phi) is 4.83. The molecule has 6 nitrogen and oxygen atoms in total. The van der Waals surface area contributed by atoms with Crippen molar-refractivity contribution in [1.29, 1.82) is 0 Å². The van der Waals surface area contributed by atoms with Crippen molar-refractivity contribution < 1.29 is 9.53 Å². The van der Waals surface area contributed by atoms with Crippen LogP contribution in [0.5, 0.6) is 5.75 Å². The molecule has 4 rings (SSSR count). The SMILES string of the molecule is COc1ccccc1-c1nnc(CC(=O)Cc2ccc3nc(N)sc3c2)s1. The van der Waals surface area contributed by atoms with E-state index in [0.717, 1.165) is 32.1 Å². The lowest BCUT2D eigenvalue weighted by molar-refractivity contribution is -0.117. The molecule has 0 unspecified atom stereocenters. The lowest BCUT2D eigenvalue weighted by Crippen LogP contribution is -2.06. The number of carbonyl (C=O) groups is 1. The van der Waals surface area contributed by atoms with E-state index in [2.05, 4.69) is 15.2 Å². The second-order valence-corrected chi connectivity index (χ2v) is 8.07. The number of ether oxygens (including phenoxy) is 1. The van der Waals surface area contributed by atoms with E-state index in [9.17, 15) is 4.79 Å². The number of hydrogen-bond acceptors (Lipinski definition) is 8. The molecular formula is C19H16N4O2S2. The first-order valence-electron chi connectivity index (χ1n) is 8.25. The first-order valence-corrected chi connectivity index (χ1v) is 9.88. The summed E-state index contributed by atoms with van der Waals surface area (Å²) in [6.45, 7) is 0. The van der Waals surface area contributed by atoms with Gasteiger partial charge in [0, 0.05) is 6.42 Å². The molecule has 2 heterocycles. The second kappa shape index (κ2) is 7.42. The molecule has 0 bridgehead atoms. The van der Waals surface area contributed by atoms with Gasteiger partial charge in [-0.05, 0) is 29.8 Å². The molecule has 0 saturated carbocycles. The van der Waals surface area contributed by atoms with Crippen molar-refractivity contribution >= 4 is 43.8 Å². The fourth-order valence-electron chi connectivity index (χ4n) is 2.81. The van der Waals surface area contributed by atoms with E-state index in [1.54, 1.807) is 7.11 Å². The summed E-state index contributed by atoms with van der Waals surface area (Å²) in [5.74, 6) is 0.832. The van der Waals surface area contributed by atoms with Crippen LogP contribution in [0.3, 0.4) is 0 Å². The molecular weight excluding hydrogens is 380 g/mol. The molecule has 2 N–H and O–H groups in total. The van der Waals surface area contributed by atoms with Crippen LogP contribution in [0.4, 0.5) is 5.13 Å². The smallest absolute Gasteiger partial charge is 0.181 e. The average Bonchev–Trinajstić information content (AvgIpc) is 3.26. The van der Waals surface area contributed by atoms with Gasteiger partial charge in [0.25, 0.3) is 0 Å². The van der Waals surface area contributed by atoms with Crippen molar-refractivity contribution in [2.45, 2.75) is 12.8 Å². The highest BCUT2D eigenvalue weighted by Crippen LogP contribution is 2.32. The third-order valence-corrected chi connectivity index (χ3v) is 5.83. The van der Waals surface area contributed by atoms with Crippen molar-refractivity contribution in [3.63, 3.8) is 0 Å². The largest absolute Gasteiger partial charge is 0.496 e. The van der Waals surface area contributed by atoms with Gasteiger partial charge in [0.2, 0.25) is 0 Å². The molecule has 0 atom stereocenters. The summed E-state index contributed by atoms with van der Waals surface area (Å²) in [4.78, 5) is 16.7. The summed E-state index contributed by atoms with van der Waals surface area (Å²) < 4.78 is 6.36. The maximum Gasteiger partial charge on any atom is 0.181 e. The summed E-state index contributed by atoms with van der Waals surface area (Å²) >= 11 is 2.84. The van der Waals surface area contributed by atoms with Crippen LogP contribution in [-0.2, 0) is 17.6 Å². The first-order chi connectivity index (χ1) is 13.1. The molecule has 8 heteroatoms. The highest BCUT2D eigenvalue weighted by Gasteiger charge is 2.14. The van der Waals surface area contributed by atoms with Crippen molar-refractivity contribution in [3.8, 4) is 16.3 Å². The molecule has 0 radical (unpaired) electrons. The Labute approximate surface area is 163 Å². The minimum Gasteiger partial charge on any atom is -0.496 e. The van der Waals surface area contributed by atoms with Crippen LogP contribution in [0.25, 0.3) is 20.8 Å². The van der Waals surface area contributed by atoms with Crippen LogP contribution in [-0.4, -0.2) is 28.1 Å². The van der Waals surface area contributed by atoms with Crippen LogP contribution in [0, 0.1) is 0 Å². The van der Waals surface area contributed by atoms with Gasteiger partial charge < -0.3 is 10.5 Å². The number of rotatable bonds is 6. The Morgan fingerprint density at radius 1 is 1.11 bits per heavy atom. The lowest BCUT2D eigenvalue weighted by atomic mass is 10.1. The number of benzene rings is 2. The fraction of sp³-hybridized carbons (Fsp3) is 0.158. The number of para-hydroxylation sites is 1. The van der Waals surface area contributed by atoms with Crippen molar-refractivity contribution in [1.82, 2.24) is 15.2 Å². The van der Waals surface area contributed by atoms with Crippen LogP contribution in [0.1, 0.15) is 10.6 Å². The average molecular weight is 396 g/mol. The highest BCUT2D eigenvalue weighted by molar-refractivity contribution is 7.22. The first kappa shape index (κ1) is 17.6. The molecule has 0 fully saturated rings. The van der Waals surface area contributed by atoms with Crippen molar-refractivity contribution in [2.75, 3.05) is 12.8 Å². The summed E-state index contributed by atoms with van der Waals surface area (Å²) in [5, 5.41) is 10.4. The van der Waals surface area contributed by atoms with E-state index in [1.165, 1.54) is 22.7 Å². The molecule has 0 aliphatic heterocycles. The van der Waals surface area contributed by atoms with Gasteiger partial charge in [-0.25, -0.2) is 4.98 Å². The quantitative estimate of drug-likeness (QED) is 0.534. The highest BCUT2D eigenvalue weighted by atomic mass is 32.1. The number of Topliss-reactive ketones (excluding diaryl/α,β-unsaturated/α-hetero) is 1. The Morgan fingerprint density at radius 2 is 1.96 bits per heavy atom. The van der Waals surface area contributed by atoms with Gasteiger partial charge in [-0.15, -0.1) is 10.2 Å². The molecule has 0 amide bonds. The number of thiazole rings is 1. The predicted octanol–water partition coefficient (Wildman–Crippen LogP) is 3.76. The Hall–Kier alpha value is -2.84. The van der Waals surface area contributed by atoms with Gasteiger partial charge in [0.05, 0.1) is 29.3 Å². The number of methoxy groups -OCH3 is 1. The Bertz CT molecular complexity index is 1120. The third-order valence-electron chi connectivity index (χ3n) is 4.02. The molecule has 0 spiro atoms. The lowest BCUT2D eigenvalue weighted by Gasteiger charge is -2.03. The number of nitrogen functional groups attached to an aromatic ring is 1. The maximum absolute atomic E-state index is 12.5. The van der Waals surface area contributed by atoms with E-state index in [1.807, 2.05) is 42.5 Å². The number of carbonyl (C=O) groups excluding carboxylic acids is 1. The Morgan fingerprint density at radius 3 is 2.81 bits per heavy atom. The van der Waals surface area contributed by atoms with Gasteiger partial charge >= 0.3 is 0 Å². The maximum atomic E-state index is 12.5. The monoisotopic (exact) mass is 396 g/mol. The van der Waals surface area contributed by atoms with Gasteiger partial charge in [-0.1, -0.05) is 40.9 Å². The van der Waals surface area contributed by atoms with Crippen molar-refractivity contribution in [2.24, 2.45) is 0 Å². The minimum absolute atomic E-state index is 0.0922. The van der Waals surface area contributed by atoms with E-state index in [-0.39, 0.29) is 12.2 Å². The van der Waals surface area contributed by atoms with Crippen LogP contribution >= 0.6 is 22.7 Å². The number of anilines is 1. The topological polar surface area (TPSA) is 91.0 Å². The predicted molar refractivity (Wildman–Crippen MR) is 108 cm³/mol. The number of hydrogen-bond donors (Lipinski definition) is 1. The normalized spacial score (nSPS) is 11.0. The zero-order valence-electron chi connectivity index (χ0n) is 14.5. The van der Waals surface area contributed by atoms with Crippen LogP contribution < -0.4 is 10.5 Å². The number of ketones is 1. The molecule has 4 aromatic rings. The molecule has 2 aromatic carbocycles. The fourth-order valence-corrected chi connectivity index (χ4v) is 4.51. The zero-order valence-corrected chi connectivity index (χ0v) is 16.1. The third kappa shape index (κ3) is 3.81. The molecule has 136 valence electrons. The standard InChI is InChI=1S/C19H16N4O2S2/c1-25-15-5-3-2-4-13(15)18-23-22-17(27-18)10-12(24)8-11-6-7-14-16(9-11)26-19(20)21-14/h2-7,9H,8,10H2,1H3,(H2,20,21). The van der Waals surface area contributed by atoms with Crippen molar-refractivity contribution in [3.05, 3.63) is 53.0 Å². The minimum atomic E-state index is 0.0922. The number of fused-ring (bicyclic) bond motifs is 1. The van der Waals surface area contributed by atoms with E-state index in [0.29, 0.717) is 16.6 Å². The van der Waals surface area contributed by atoms with Gasteiger partial charge in [0.1, 0.15) is 16.5 Å². The molecule has 0 aliphatic rings.